The Morgan fingerprint density at radius 1 is 1.40 bits per heavy atom. The van der Waals surface area contributed by atoms with Gasteiger partial charge in [0.1, 0.15) is 0 Å². The first-order chi connectivity index (χ1) is 6.86. The molecule has 1 N–H and O–H groups in total. The van der Waals surface area contributed by atoms with E-state index in [9.17, 15) is 0 Å². The van der Waals surface area contributed by atoms with Gasteiger partial charge in [-0.3, -0.25) is 0 Å². The third kappa shape index (κ3) is 1.71. The number of rotatable bonds is 0. The van der Waals surface area contributed by atoms with Crippen LogP contribution in [0.15, 0.2) is 18.2 Å². The van der Waals surface area contributed by atoms with Crippen LogP contribution in [0.2, 0.25) is 5.02 Å². The molecule has 2 nitrogen and oxygen atoms in total. The second kappa shape index (κ2) is 4.20. The molecule has 3 rings (SSSR count). The number of hydrogen-bond donors (Lipinski definition) is 1. The Kier molecular flexibility index (Phi) is 3.10. The molecule has 1 fully saturated rings. The number of para-hydroxylation sites is 1. The zero-order chi connectivity index (χ0) is 9.54. The number of nitrogens with zero attached hydrogens (tertiary/aromatic N) is 1. The molecule has 4 heteroatoms. The smallest absolute Gasteiger partial charge is 0.0642 e. The van der Waals surface area contributed by atoms with Crippen molar-refractivity contribution in [2.75, 3.05) is 24.5 Å². The Morgan fingerprint density at radius 3 is 3.13 bits per heavy atom. The van der Waals surface area contributed by atoms with Crippen LogP contribution in [0, 0.1) is 0 Å². The van der Waals surface area contributed by atoms with Gasteiger partial charge in [-0.1, -0.05) is 23.7 Å². The Hall–Kier alpha value is -0.440. The van der Waals surface area contributed by atoms with Crippen molar-refractivity contribution in [2.24, 2.45) is 0 Å². The van der Waals surface area contributed by atoms with Gasteiger partial charge in [-0.2, -0.15) is 0 Å². The van der Waals surface area contributed by atoms with Crippen LogP contribution in [-0.4, -0.2) is 25.7 Å². The van der Waals surface area contributed by atoms with Crippen molar-refractivity contribution < 1.29 is 0 Å². The van der Waals surface area contributed by atoms with Crippen LogP contribution < -0.4 is 10.2 Å². The van der Waals surface area contributed by atoms with E-state index in [1.54, 1.807) is 0 Å². The van der Waals surface area contributed by atoms with Gasteiger partial charge in [0, 0.05) is 25.7 Å². The van der Waals surface area contributed by atoms with E-state index in [1.807, 2.05) is 12.1 Å². The highest BCUT2D eigenvalue weighted by molar-refractivity contribution is 6.33. The summed E-state index contributed by atoms with van der Waals surface area (Å²) in [5, 5.41) is 4.33. The van der Waals surface area contributed by atoms with Gasteiger partial charge < -0.3 is 10.2 Å². The number of benzene rings is 1. The fraction of sp³-hybridized carbons (Fsp3) is 0.455. The third-order valence-corrected chi connectivity index (χ3v) is 3.47. The molecule has 1 aromatic carbocycles. The lowest BCUT2D eigenvalue weighted by molar-refractivity contribution is 0.495. The Balaban J connectivity index is 0.000000853. The van der Waals surface area contributed by atoms with E-state index in [0.717, 1.165) is 31.1 Å². The van der Waals surface area contributed by atoms with Crippen LogP contribution in [0.5, 0.6) is 0 Å². The van der Waals surface area contributed by atoms with Crippen molar-refractivity contribution in [3.8, 4) is 0 Å². The number of halogens is 2. The van der Waals surface area contributed by atoms with E-state index in [2.05, 4.69) is 16.3 Å². The minimum Gasteiger partial charge on any atom is -0.364 e. The maximum absolute atomic E-state index is 6.23. The highest BCUT2D eigenvalue weighted by Gasteiger charge is 2.32. The first kappa shape index (κ1) is 11.1. The largest absolute Gasteiger partial charge is 0.364 e. The molecule has 0 aromatic heterocycles. The van der Waals surface area contributed by atoms with Crippen molar-refractivity contribution >= 4 is 29.7 Å². The van der Waals surface area contributed by atoms with Gasteiger partial charge in [0.15, 0.2) is 0 Å². The average Bonchev–Trinajstić information content (AvgIpc) is 2.57. The highest BCUT2D eigenvalue weighted by atomic mass is 35.5. The van der Waals surface area contributed by atoms with Crippen LogP contribution in [0.4, 0.5) is 5.69 Å². The highest BCUT2D eigenvalue weighted by Crippen LogP contribution is 2.38. The molecule has 0 radical (unpaired) electrons. The average molecular weight is 245 g/mol. The topological polar surface area (TPSA) is 15.3 Å². The van der Waals surface area contributed by atoms with Crippen LogP contribution in [0.25, 0.3) is 0 Å². The van der Waals surface area contributed by atoms with E-state index < -0.39 is 0 Å². The van der Waals surface area contributed by atoms with E-state index in [0.29, 0.717) is 6.04 Å². The molecule has 2 aliphatic rings. The molecular formula is C11H14Cl2N2. The van der Waals surface area contributed by atoms with E-state index in [1.165, 1.54) is 11.3 Å². The standard InChI is InChI=1S/C11H13ClN2.ClH/c12-10-3-1-2-8-6-9-7-13-4-5-14(9)11(8)10;/h1-3,9,13H,4-7H2;1H. The zero-order valence-electron chi connectivity index (χ0n) is 8.37. The minimum atomic E-state index is 0. The van der Waals surface area contributed by atoms with Crippen LogP contribution >= 0.6 is 24.0 Å². The summed E-state index contributed by atoms with van der Waals surface area (Å²) in [7, 11) is 0. The normalized spacial score (nSPS) is 23.0. The fourth-order valence-electron chi connectivity index (χ4n) is 2.54. The molecule has 1 unspecified atom stereocenters. The van der Waals surface area contributed by atoms with E-state index in [-0.39, 0.29) is 12.4 Å². The molecular weight excluding hydrogens is 231 g/mol. The second-order valence-corrected chi connectivity index (χ2v) is 4.41. The summed E-state index contributed by atoms with van der Waals surface area (Å²) in [5.41, 5.74) is 2.69. The lowest BCUT2D eigenvalue weighted by Crippen LogP contribution is -2.49. The third-order valence-electron chi connectivity index (χ3n) is 3.16. The number of fused-ring (bicyclic) bond motifs is 3. The van der Waals surface area contributed by atoms with Crippen LogP contribution in [0.1, 0.15) is 5.56 Å². The quantitative estimate of drug-likeness (QED) is 0.753. The predicted molar refractivity (Wildman–Crippen MR) is 66.4 cm³/mol. The molecule has 0 spiro atoms. The molecule has 2 heterocycles. The molecule has 15 heavy (non-hydrogen) atoms. The molecule has 0 amide bonds. The summed E-state index contributed by atoms with van der Waals surface area (Å²) in [6.07, 6.45) is 1.14. The van der Waals surface area contributed by atoms with Gasteiger partial charge in [0.25, 0.3) is 0 Å². The molecule has 82 valence electrons. The molecule has 2 aliphatic heterocycles. The lowest BCUT2D eigenvalue weighted by atomic mass is 10.1. The second-order valence-electron chi connectivity index (χ2n) is 4.00. The van der Waals surface area contributed by atoms with Crippen molar-refractivity contribution in [2.45, 2.75) is 12.5 Å². The molecule has 0 saturated carbocycles. The number of nitrogens with one attached hydrogen (secondary N) is 1. The molecule has 1 saturated heterocycles. The monoisotopic (exact) mass is 244 g/mol. The van der Waals surface area contributed by atoms with Gasteiger partial charge in [0.2, 0.25) is 0 Å². The van der Waals surface area contributed by atoms with Crippen molar-refractivity contribution in [1.29, 1.82) is 0 Å². The van der Waals surface area contributed by atoms with Gasteiger partial charge >= 0.3 is 0 Å². The number of hydrogen-bond acceptors (Lipinski definition) is 2. The molecule has 0 bridgehead atoms. The van der Waals surface area contributed by atoms with Crippen LogP contribution in [0.3, 0.4) is 0 Å². The Bertz CT molecular complexity index is 368. The summed E-state index contributed by atoms with van der Waals surface area (Å²) in [4.78, 5) is 2.45. The van der Waals surface area contributed by atoms with Crippen molar-refractivity contribution in [3.63, 3.8) is 0 Å². The summed E-state index contributed by atoms with van der Waals surface area (Å²) >= 11 is 6.23. The van der Waals surface area contributed by atoms with Gasteiger partial charge in [-0.05, 0) is 18.1 Å². The maximum atomic E-state index is 6.23. The van der Waals surface area contributed by atoms with Gasteiger partial charge in [-0.15, -0.1) is 12.4 Å². The summed E-state index contributed by atoms with van der Waals surface area (Å²) in [6, 6.07) is 6.86. The van der Waals surface area contributed by atoms with Crippen molar-refractivity contribution in [3.05, 3.63) is 28.8 Å². The van der Waals surface area contributed by atoms with E-state index in [4.69, 9.17) is 11.6 Å². The molecule has 1 aromatic rings. The Labute approximate surface area is 101 Å². The van der Waals surface area contributed by atoms with Gasteiger partial charge in [-0.25, -0.2) is 0 Å². The Morgan fingerprint density at radius 2 is 2.27 bits per heavy atom. The SMILES string of the molecule is Cl.Clc1cccc2c1N1CCNCC1C2. The van der Waals surface area contributed by atoms with E-state index >= 15 is 0 Å². The predicted octanol–water partition coefficient (Wildman–Crippen LogP) is 2.10. The molecule has 0 aliphatic carbocycles. The number of anilines is 1. The van der Waals surface area contributed by atoms with Crippen LogP contribution in [-0.2, 0) is 6.42 Å². The zero-order valence-corrected chi connectivity index (χ0v) is 9.94. The fourth-order valence-corrected chi connectivity index (χ4v) is 2.84. The first-order valence-corrected chi connectivity index (χ1v) is 5.49. The summed E-state index contributed by atoms with van der Waals surface area (Å²) < 4.78 is 0. The van der Waals surface area contributed by atoms with Crippen molar-refractivity contribution in [1.82, 2.24) is 5.32 Å². The first-order valence-electron chi connectivity index (χ1n) is 5.11. The number of piperazine rings is 1. The van der Waals surface area contributed by atoms with Gasteiger partial charge in [0.05, 0.1) is 10.7 Å². The molecule has 1 atom stereocenters. The lowest BCUT2D eigenvalue weighted by Gasteiger charge is -2.32. The minimum absolute atomic E-state index is 0. The summed E-state index contributed by atoms with van der Waals surface area (Å²) in [5.74, 6) is 0. The maximum Gasteiger partial charge on any atom is 0.0642 e. The summed E-state index contributed by atoms with van der Waals surface area (Å²) in [6.45, 7) is 3.24.